The lowest BCUT2D eigenvalue weighted by Crippen LogP contribution is -2.70. The Morgan fingerprint density at radius 2 is 1.85 bits per heavy atom. The number of rotatable bonds is 13. The zero-order valence-corrected chi connectivity index (χ0v) is 27.8. The van der Waals surface area contributed by atoms with Gasteiger partial charge in [0.25, 0.3) is 5.91 Å². The second kappa shape index (κ2) is 14.9. The molecule has 0 radical (unpaired) electrons. The monoisotopic (exact) mass is 719 g/mol. The number of nitrogens with two attached hydrogens (primary N) is 1. The van der Waals surface area contributed by atoms with E-state index in [0.717, 1.165) is 46.2 Å². The van der Waals surface area contributed by atoms with Crippen molar-refractivity contribution in [2.45, 2.75) is 66.7 Å². The second-order valence-corrected chi connectivity index (χ2v) is 14.2. The number of fused-ring (bicyclic) bond motifs is 1. The van der Waals surface area contributed by atoms with Crippen LogP contribution in [-0.2, 0) is 31.9 Å². The fraction of sp³-hybridized carbons (Fsp3) is 0.414. The molecule has 2 amide bonds. The highest BCUT2D eigenvalue weighted by molar-refractivity contribution is 8.01. The lowest BCUT2D eigenvalue weighted by Gasteiger charge is -2.49. The quantitative estimate of drug-likeness (QED) is 0.135. The molecule has 0 aliphatic carbocycles. The third-order valence-corrected chi connectivity index (χ3v) is 11.3. The van der Waals surface area contributed by atoms with Crippen LogP contribution in [0.1, 0.15) is 29.8 Å². The van der Waals surface area contributed by atoms with Gasteiger partial charge in [0.2, 0.25) is 5.91 Å². The van der Waals surface area contributed by atoms with Crippen molar-refractivity contribution in [3.63, 3.8) is 0 Å². The van der Waals surface area contributed by atoms with Crippen molar-refractivity contribution in [3.05, 3.63) is 63.6 Å². The number of aryl methyl sites for hydroxylation is 2. The number of carboxylic acids is 2. The van der Waals surface area contributed by atoms with E-state index in [1.54, 1.807) is 0 Å². The standard InChI is InChI=1S/C29H30ClF3N4O6S3/c1-14-8-18(9-15(2)36(14)7-3-4-20(34)27(40)41)44-11-16-12-46-26-23(25(39)37(26)24(16)28(42)43)35-22(38)13-45-21-10-17(29(31,32)33)5-6-19(21)30/h5-6,8-10,20,23,26H,3-4,7,11-13,34H2,1-2H3,(H2-,35,38,40,41,42,43)/p+1/t20-,23?,26+/m0/s1. The van der Waals surface area contributed by atoms with Gasteiger partial charge in [0.05, 0.1) is 16.3 Å². The van der Waals surface area contributed by atoms with E-state index in [9.17, 15) is 37.5 Å². The summed E-state index contributed by atoms with van der Waals surface area (Å²) in [5.74, 6) is -3.14. The number of amides is 2. The van der Waals surface area contributed by atoms with Gasteiger partial charge in [-0.3, -0.25) is 19.3 Å². The van der Waals surface area contributed by atoms with Crippen LogP contribution in [0.15, 0.2) is 51.4 Å². The topological polar surface area (TPSA) is 154 Å². The fourth-order valence-corrected chi connectivity index (χ4v) is 8.66. The minimum atomic E-state index is -4.57. The molecule has 46 heavy (non-hydrogen) atoms. The molecule has 1 aromatic carbocycles. The molecule has 2 aliphatic rings. The van der Waals surface area contributed by atoms with E-state index < -0.39 is 53.0 Å². The van der Waals surface area contributed by atoms with E-state index in [4.69, 9.17) is 22.4 Å². The van der Waals surface area contributed by atoms with Crippen LogP contribution in [0.5, 0.6) is 0 Å². The molecular weight excluding hydrogens is 689 g/mol. The lowest BCUT2D eigenvalue weighted by atomic mass is 10.0. The number of hydrogen-bond donors (Lipinski definition) is 4. The number of carbonyl (C=O) groups is 4. The van der Waals surface area contributed by atoms with Crippen LogP contribution < -0.4 is 15.6 Å². The number of aromatic nitrogens is 1. The molecule has 3 heterocycles. The number of nitrogens with zero attached hydrogens (tertiary/aromatic N) is 2. The van der Waals surface area contributed by atoms with Crippen LogP contribution in [0.25, 0.3) is 0 Å². The van der Waals surface area contributed by atoms with Crippen LogP contribution in [0.3, 0.4) is 0 Å². The van der Waals surface area contributed by atoms with Crippen molar-refractivity contribution in [3.8, 4) is 0 Å². The molecule has 5 N–H and O–H groups in total. The Morgan fingerprint density at radius 1 is 1.17 bits per heavy atom. The summed E-state index contributed by atoms with van der Waals surface area (Å²) in [6.07, 6.45) is -3.64. The zero-order chi connectivity index (χ0) is 33.9. The first kappa shape index (κ1) is 35.9. The molecular formula is C29H31ClF3N4O6S3+. The number of thioether (sulfide) groups is 3. The largest absolute Gasteiger partial charge is 0.480 e. The summed E-state index contributed by atoms with van der Waals surface area (Å²) in [7, 11) is 0. The van der Waals surface area contributed by atoms with Gasteiger partial charge < -0.3 is 21.3 Å². The van der Waals surface area contributed by atoms with Gasteiger partial charge in [0, 0.05) is 53.7 Å². The summed E-state index contributed by atoms with van der Waals surface area (Å²) < 4.78 is 41.2. The van der Waals surface area contributed by atoms with Crippen LogP contribution in [0.2, 0.25) is 5.02 Å². The Labute approximate surface area is 280 Å². The molecule has 1 aromatic heterocycles. The third-order valence-electron chi connectivity index (χ3n) is 7.36. The molecule has 248 valence electrons. The van der Waals surface area contributed by atoms with Crippen molar-refractivity contribution in [1.82, 2.24) is 10.2 Å². The van der Waals surface area contributed by atoms with Crippen LogP contribution >= 0.6 is 46.9 Å². The fourth-order valence-electron chi connectivity index (χ4n) is 5.03. The van der Waals surface area contributed by atoms with Gasteiger partial charge in [0.1, 0.15) is 29.7 Å². The number of nitrogens with one attached hydrogen (secondary N) is 1. The van der Waals surface area contributed by atoms with E-state index in [-0.39, 0.29) is 21.4 Å². The second-order valence-electron chi connectivity index (χ2n) is 10.6. The summed E-state index contributed by atoms with van der Waals surface area (Å²) in [6.45, 7) is 4.45. The number of benzene rings is 1. The average molecular weight is 720 g/mol. The van der Waals surface area contributed by atoms with Crippen molar-refractivity contribution >= 4 is 70.6 Å². The highest BCUT2D eigenvalue weighted by Crippen LogP contribution is 2.42. The molecule has 0 saturated carbocycles. The van der Waals surface area contributed by atoms with Gasteiger partial charge in [-0.05, 0) is 30.2 Å². The minimum Gasteiger partial charge on any atom is -0.480 e. The molecule has 3 atom stereocenters. The van der Waals surface area contributed by atoms with E-state index in [0.29, 0.717) is 36.5 Å². The van der Waals surface area contributed by atoms with E-state index in [2.05, 4.69) is 9.88 Å². The summed E-state index contributed by atoms with van der Waals surface area (Å²) in [4.78, 5) is 51.0. The SMILES string of the molecule is Cc1cc(SCC2=C(C(=O)O)N3C(=O)C(NC(=O)CSc4cc(C(F)(F)F)ccc4Cl)[C@H]3SC2)cc(C)[n+]1CCC[C@H](N)C(=O)O. The number of pyridine rings is 1. The highest BCUT2D eigenvalue weighted by Gasteiger charge is 2.54. The molecule has 0 spiro atoms. The minimum absolute atomic E-state index is 0.0550. The zero-order valence-electron chi connectivity index (χ0n) is 24.6. The average Bonchev–Trinajstić information content (AvgIpc) is 2.98. The predicted molar refractivity (Wildman–Crippen MR) is 169 cm³/mol. The summed E-state index contributed by atoms with van der Waals surface area (Å²) in [5, 5.41) is 21.0. The summed E-state index contributed by atoms with van der Waals surface area (Å²) >= 11 is 9.56. The van der Waals surface area contributed by atoms with Gasteiger partial charge >= 0.3 is 18.1 Å². The Morgan fingerprint density at radius 3 is 2.46 bits per heavy atom. The Bertz CT molecular complexity index is 1570. The van der Waals surface area contributed by atoms with E-state index in [1.807, 2.05) is 26.0 Å². The van der Waals surface area contributed by atoms with Gasteiger partial charge in [-0.25, -0.2) is 9.36 Å². The van der Waals surface area contributed by atoms with Crippen molar-refractivity contribution in [1.29, 1.82) is 0 Å². The number of carbonyl (C=O) groups excluding carboxylic acids is 2. The predicted octanol–water partition coefficient (Wildman–Crippen LogP) is 4.08. The number of hydrogen-bond acceptors (Lipinski definition) is 8. The summed E-state index contributed by atoms with van der Waals surface area (Å²) in [6, 6.07) is 4.83. The molecule has 1 saturated heterocycles. The highest BCUT2D eigenvalue weighted by atomic mass is 35.5. The molecule has 17 heteroatoms. The maximum Gasteiger partial charge on any atom is 0.416 e. The summed E-state index contributed by atoms with van der Waals surface area (Å²) in [5.41, 5.74) is 7.03. The van der Waals surface area contributed by atoms with Crippen LogP contribution in [0.4, 0.5) is 13.2 Å². The van der Waals surface area contributed by atoms with Gasteiger partial charge in [-0.1, -0.05) is 11.6 Å². The maximum absolute atomic E-state index is 13.1. The number of halogens is 4. The van der Waals surface area contributed by atoms with Crippen molar-refractivity contribution in [2.24, 2.45) is 5.73 Å². The number of alkyl halides is 3. The Hall–Kier alpha value is -2.92. The molecule has 1 unspecified atom stereocenters. The van der Waals surface area contributed by atoms with Crippen LogP contribution in [0, 0.1) is 13.8 Å². The molecule has 4 rings (SSSR count). The molecule has 2 aliphatic heterocycles. The first-order valence-electron chi connectivity index (χ1n) is 13.9. The van der Waals surface area contributed by atoms with Crippen LogP contribution in [-0.4, -0.2) is 73.6 Å². The Balaban J connectivity index is 1.36. The molecule has 10 nitrogen and oxygen atoms in total. The van der Waals surface area contributed by atoms with Gasteiger partial charge in [-0.15, -0.1) is 35.3 Å². The van der Waals surface area contributed by atoms with E-state index >= 15 is 0 Å². The normalized spacial score (nSPS) is 18.6. The Kier molecular flexibility index (Phi) is 11.6. The first-order valence-corrected chi connectivity index (χ1v) is 17.3. The lowest BCUT2D eigenvalue weighted by molar-refractivity contribution is -0.709. The smallest absolute Gasteiger partial charge is 0.416 e. The number of carboxylic acid groups (broad SMARTS) is 2. The molecule has 0 bridgehead atoms. The maximum atomic E-state index is 13.1. The van der Waals surface area contributed by atoms with Crippen molar-refractivity contribution in [2.75, 3.05) is 17.3 Å². The van der Waals surface area contributed by atoms with E-state index in [1.165, 1.54) is 28.4 Å². The van der Waals surface area contributed by atoms with Gasteiger partial charge in [0.15, 0.2) is 11.4 Å². The first-order chi connectivity index (χ1) is 21.6. The number of β-lactam (4-membered cyclic amide) rings is 1. The van der Waals surface area contributed by atoms with Crippen molar-refractivity contribution < 1.29 is 47.1 Å². The molecule has 2 aromatic rings. The third kappa shape index (κ3) is 8.32. The molecule has 1 fully saturated rings. The van der Waals surface area contributed by atoms with Gasteiger partial charge in [-0.2, -0.15) is 13.2 Å². The number of aliphatic carboxylic acids is 2.